The van der Waals surface area contributed by atoms with Gasteiger partial charge in [0.1, 0.15) is 11.6 Å². The van der Waals surface area contributed by atoms with E-state index in [0.29, 0.717) is 50.5 Å². The number of carbonyl (C=O) groups excluding carboxylic acids is 2. The molecule has 0 saturated heterocycles. The summed E-state index contributed by atoms with van der Waals surface area (Å²) in [6.07, 6.45) is 9.85. The van der Waals surface area contributed by atoms with E-state index in [1.165, 1.54) is 24.3 Å². The Kier molecular flexibility index (Phi) is 18.3. The van der Waals surface area contributed by atoms with Crippen LogP contribution in [0, 0.1) is 0 Å². The van der Waals surface area contributed by atoms with Gasteiger partial charge in [-0.05, 0) is 49.9 Å². The Balaban J connectivity index is 3.23. The number of rotatable bonds is 18. The molecule has 0 bridgehead atoms. The van der Waals surface area contributed by atoms with Gasteiger partial charge < -0.3 is 4.74 Å². The Morgan fingerprint density at radius 1 is 0.783 bits per heavy atom. The summed E-state index contributed by atoms with van der Waals surface area (Å²) in [6, 6.07) is 0. The second-order valence-electron chi connectivity index (χ2n) is 5.71. The minimum atomic E-state index is 0.331. The molecule has 3 nitrogen and oxygen atoms in total. The third-order valence-electron chi connectivity index (χ3n) is 3.43. The minimum absolute atomic E-state index is 0.331. The van der Waals surface area contributed by atoms with E-state index in [-0.39, 0.29) is 0 Å². The first-order chi connectivity index (χ1) is 11.2. The molecule has 0 atom stereocenters. The van der Waals surface area contributed by atoms with E-state index in [0.717, 1.165) is 25.0 Å². The van der Waals surface area contributed by atoms with Gasteiger partial charge in [0.05, 0.1) is 0 Å². The molecule has 0 radical (unpaired) electrons. The van der Waals surface area contributed by atoms with Crippen molar-refractivity contribution in [3.8, 4) is 0 Å². The zero-order valence-corrected chi connectivity index (χ0v) is 16.6. The standard InChI is InChI=1S/C18H34O3S2/c1-3-8-17(19)9-6-12-21-13-7-10-18(20)11-16-23-15-5-4-14-22-2/h3-16H2,1-2H3. The van der Waals surface area contributed by atoms with Crippen LogP contribution in [-0.2, 0) is 14.3 Å². The van der Waals surface area contributed by atoms with Crippen molar-refractivity contribution in [1.29, 1.82) is 0 Å². The van der Waals surface area contributed by atoms with Gasteiger partial charge in [-0.15, -0.1) is 0 Å². The molecule has 0 unspecified atom stereocenters. The maximum atomic E-state index is 11.7. The lowest BCUT2D eigenvalue weighted by Gasteiger charge is -2.04. The summed E-state index contributed by atoms with van der Waals surface area (Å²) in [6.45, 7) is 3.29. The predicted octanol–water partition coefficient (Wildman–Crippen LogP) is 4.77. The molecule has 0 amide bonds. The van der Waals surface area contributed by atoms with Crippen LogP contribution >= 0.6 is 23.5 Å². The number of hydrogen-bond acceptors (Lipinski definition) is 5. The molecule has 0 aliphatic heterocycles. The van der Waals surface area contributed by atoms with Crippen LogP contribution in [-0.4, -0.2) is 48.3 Å². The lowest BCUT2D eigenvalue weighted by Crippen LogP contribution is -2.05. The fourth-order valence-corrected chi connectivity index (χ4v) is 3.59. The molecule has 0 aromatic heterocycles. The summed E-state index contributed by atoms with van der Waals surface area (Å²) in [5.41, 5.74) is 0. The van der Waals surface area contributed by atoms with Crippen LogP contribution in [0.25, 0.3) is 0 Å². The van der Waals surface area contributed by atoms with E-state index in [1.807, 2.05) is 30.4 Å². The lowest BCUT2D eigenvalue weighted by molar-refractivity contribution is -0.119. The van der Waals surface area contributed by atoms with Crippen LogP contribution in [0.5, 0.6) is 0 Å². The third kappa shape index (κ3) is 18.2. The molecule has 23 heavy (non-hydrogen) atoms. The van der Waals surface area contributed by atoms with Crippen molar-refractivity contribution in [2.75, 3.05) is 36.7 Å². The Morgan fingerprint density at radius 3 is 2.00 bits per heavy atom. The summed E-state index contributed by atoms with van der Waals surface area (Å²) >= 11 is 3.79. The van der Waals surface area contributed by atoms with Gasteiger partial charge in [-0.3, -0.25) is 9.59 Å². The van der Waals surface area contributed by atoms with Crippen molar-refractivity contribution in [2.45, 2.75) is 64.7 Å². The molecule has 0 aliphatic rings. The van der Waals surface area contributed by atoms with Gasteiger partial charge >= 0.3 is 0 Å². The maximum Gasteiger partial charge on any atom is 0.133 e. The van der Waals surface area contributed by atoms with Crippen molar-refractivity contribution in [3.63, 3.8) is 0 Å². The molecule has 0 spiro atoms. The average Bonchev–Trinajstić information content (AvgIpc) is 2.53. The van der Waals surface area contributed by atoms with Crippen LogP contribution in [0.4, 0.5) is 0 Å². The predicted molar refractivity (Wildman–Crippen MR) is 104 cm³/mol. The molecule has 0 rings (SSSR count). The van der Waals surface area contributed by atoms with Gasteiger partial charge in [-0.1, -0.05) is 6.92 Å². The van der Waals surface area contributed by atoms with Gasteiger partial charge in [-0.25, -0.2) is 0 Å². The smallest absolute Gasteiger partial charge is 0.133 e. The van der Waals surface area contributed by atoms with Crippen LogP contribution in [0.1, 0.15) is 64.7 Å². The highest BCUT2D eigenvalue weighted by Gasteiger charge is 2.03. The summed E-state index contributed by atoms with van der Waals surface area (Å²) in [7, 11) is 0. The molecule has 0 aromatic carbocycles. The second-order valence-corrected chi connectivity index (χ2v) is 7.92. The van der Waals surface area contributed by atoms with Gasteiger partial charge in [0.25, 0.3) is 0 Å². The van der Waals surface area contributed by atoms with Gasteiger partial charge in [0, 0.05) is 44.6 Å². The van der Waals surface area contributed by atoms with Crippen LogP contribution < -0.4 is 0 Å². The average molecular weight is 363 g/mol. The molecule has 5 heteroatoms. The maximum absolute atomic E-state index is 11.7. The Hall–Kier alpha value is 0. The Bertz CT molecular complexity index is 296. The van der Waals surface area contributed by atoms with E-state index in [2.05, 4.69) is 6.26 Å². The first kappa shape index (κ1) is 23.0. The number of ketones is 2. The molecular weight excluding hydrogens is 328 g/mol. The third-order valence-corrected chi connectivity index (χ3v) is 5.20. The van der Waals surface area contributed by atoms with Gasteiger partial charge in [0.15, 0.2) is 0 Å². The fraction of sp³-hybridized carbons (Fsp3) is 0.889. The summed E-state index contributed by atoms with van der Waals surface area (Å²) in [4.78, 5) is 23.0. The van der Waals surface area contributed by atoms with E-state index >= 15 is 0 Å². The molecule has 136 valence electrons. The van der Waals surface area contributed by atoms with Crippen molar-refractivity contribution in [3.05, 3.63) is 0 Å². The number of unbranched alkanes of at least 4 members (excludes halogenated alkanes) is 1. The molecule has 0 fully saturated rings. The van der Waals surface area contributed by atoms with Gasteiger partial charge in [0.2, 0.25) is 0 Å². The zero-order chi connectivity index (χ0) is 17.2. The number of ether oxygens (including phenoxy) is 1. The highest BCUT2D eigenvalue weighted by molar-refractivity contribution is 7.99. The normalized spacial score (nSPS) is 10.9. The summed E-state index contributed by atoms with van der Waals surface area (Å²) < 4.78 is 5.48. The molecule has 0 aliphatic carbocycles. The number of thioether (sulfide) groups is 2. The lowest BCUT2D eigenvalue weighted by atomic mass is 10.1. The van der Waals surface area contributed by atoms with Crippen molar-refractivity contribution < 1.29 is 14.3 Å². The largest absolute Gasteiger partial charge is 0.381 e. The molecule has 0 heterocycles. The molecule has 0 aromatic rings. The monoisotopic (exact) mass is 362 g/mol. The van der Waals surface area contributed by atoms with Crippen LogP contribution in [0.3, 0.4) is 0 Å². The van der Waals surface area contributed by atoms with Crippen molar-refractivity contribution >= 4 is 35.1 Å². The summed E-state index contributed by atoms with van der Waals surface area (Å²) in [5, 5.41) is 0. The first-order valence-electron chi connectivity index (χ1n) is 8.88. The second kappa shape index (κ2) is 18.3. The number of Topliss-reactive ketones (excluding diaryl/α,β-unsaturated/α-hetero) is 2. The molecule has 0 N–H and O–H groups in total. The van der Waals surface area contributed by atoms with E-state index < -0.39 is 0 Å². The highest BCUT2D eigenvalue weighted by atomic mass is 32.2. The van der Waals surface area contributed by atoms with E-state index in [1.54, 1.807) is 0 Å². The fourth-order valence-electron chi connectivity index (χ4n) is 2.11. The Labute approximate surface area is 151 Å². The quantitative estimate of drug-likeness (QED) is 0.329. The van der Waals surface area contributed by atoms with Crippen LogP contribution in [0.2, 0.25) is 0 Å². The van der Waals surface area contributed by atoms with E-state index in [9.17, 15) is 9.59 Å². The van der Waals surface area contributed by atoms with Gasteiger partial charge in [-0.2, -0.15) is 23.5 Å². The SMILES string of the molecule is CCCC(=O)CCCOCCCC(=O)CCSCCCCSC. The molecular formula is C18H34O3S2. The minimum Gasteiger partial charge on any atom is -0.381 e. The number of carbonyl (C=O) groups is 2. The first-order valence-corrected chi connectivity index (χ1v) is 11.4. The van der Waals surface area contributed by atoms with Crippen molar-refractivity contribution in [2.24, 2.45) is 0 Å². The highest BCUT2D eigenvalue weighted by Crippen LogP contribution is 2.09. The zero-order valence-electron chi connectivity index (χ0n) is 14.9. The summed E-state index contributed by atoms with van der Waals surface area (Å²) in [5.74, 6) is 4.05. The Morgan fingerprint density at radius 2 is 1.39 bits per heavy atom. The number of hydrogen-bond donors (Lipinski definition) is 0. The molecule has 0 saturated carbocycles. The van der Waals surface area contributed by atoms with E-state index in [4.69, 9.17) is 4.74 Å². The van der Waals surface area contributed by atoms with Crippen molar-refractivity contribution in [1.82, 2.24) is 0 Å². The van der Waals surface area contributed by atoms with Crippen LogP contribution in [0.15, 0.2) is 0 Å². The topological polar surface area (TPSA) is 43.4 Å².